The Morgan fingerprint density at radius 3 is 2.71 bits per heavy atom. The predicted molar refractivity (Wildman–Crippen MR) is 62.2 cm³/mol. The first kappa shape index (κ1) is 11.7. The van der Waals surface area contributed by atoms with E-state index in [4.69, 9.17) is 5.73 Å². The monoisotopic (exact) mass is 323 g/mol. The molecule has 78 valence electrons. The van der Waals surface area contributed by atoms with Crippen molar-refractivity contribution < 1.29 is 4.79 Å². The summed E-state index contributed by atoms with van der Waals surface area (Å²) in [6.07, 6.45) is 0. The molecule has 4 nitrogen and oxygen atoms in total. The minimum Gasteiger partial charge on any atom is -0.349 e. The quantitative estimate of drug-likeness (QED) is 0.878. The summed E-state index contributed by atoms with van der Waals surface area (Å²) in [5.74, 6) is -0.121. The number of nitrogens with zero attached hydrogens (tertiary/aromatic N) is 1. The number of carbonyl (C=O) groups is 1. The van der Waals surface area contributed by atoms with E-state index in [0.717, 1.165) is 9.08 Å². The zero-order chi connectivity index (χ0) is 10.7. The van der Waals surface area contributed by atoms with Gasteiger partial charge in [-0.1, -0.05) is 0 Å². The van der Waals surface area contributed by atoms with Crippen LogP contribution in [0, 0.1) is 0 Å². The Hall–Kier alpha value is -0.330. The first-order valence-corrected chi connectivity index (χ1v) is 5.65. The van der Waals surface area contributed by atoms with Gasteiger partial charge in [0, 0.05) is 20.1 Å². The molecule has 14 heavy (non-hydrogen) atoms. The Kier molecular flexibility index (Phi) is 4.15. The zero-order valence-electron chi connectivity index (χ0n) is 7.68. The van der Waals surface area contributed by atoms with Gasteiger partial charge in [0.2, 0.25) is 0 Å². The lowest BCUT2D eigenvalue weighted by molar-refractivity contribution is 0.0946. The molecule has 0 aromatic carbocycles. The van der Waals surface area contributed by atoms with Crippen LogP contribution in [0.15, 0.2) is 15.1 Å². The van der Waals surface area contributed by atoms with Crippen molar-refractivity contribution >= 4 is 37.8 Å². The van der Waals surface area contributed by atoms with Gasteiger partial charge in [0.25, 0.3) is 5.91 Å². The van der Waals surface area contributed by atoms with Crippen LogP contribution in [-0.4, -0.2) is 23.6 Å². The molecular weight excluding hydrogens is 314 g/mol. The maximum Gasteiger partial charge on any atom is 0.268 e. The van der Waals surface area contributed by atoms with Gasteiger partial charge in [-0.15, -0.1) is 0 Å². The molecule has 1 heterocycles. The van der Waals surface area contributed by atoms with E-state index in [1.54, 1.807) is 10.6 Å². The highest BCUT2D eigenvalue weighted by Crippen LogP contribution is 2.25. The summed E-state index contributed by atoms with van der Waals surface area (Å²) < 4.78 is 3.46. The van der Waals surface area contributed by atoms with Crippen molar-refractivity contribution in [2.24, 2.45) is 12.8 Å². The van der Waals surface area contributed by atoms with Gasteiger partial charge in [0.15, 0.2) is 0 Å². The van der Waals surface area contributed by atoms with Crippen LogP contribution in [0.4, 0.5) is 0 Å². The highest BCUT2D eigenvalue weighted by molar-refractivity contribution is 9.13. The predicted octanol–water partition coefficient (Wildman–Crippen LogP) is 1.24. The molecule has 1 aromatic rings. The summed E-state index contributed by atoms with van der Waals surface area (Å²) in [5, 5.41) is 2.70. The fourth-order valence-electron chi connectivity index (χ4n) is 1.04. The minimum absolute atomic E-state index is 0.121. The first-order valence-electron chi connectivity index (χ1n) is 4.07. The van der Waals surface area contributed by atoms with Crippen LogP contribution in [0.2, 0.25) is 0 Å². The Balaban J connectivity index is 2.85. The number of hydrogen-bond donors (Lipinski definition) is 2. The van der Waals surface area contributed by atoms with Gasteiger partial charge in [0.1, 0.15) is 5.69 Å². The van der Waals surface area contributed by atoms with Gasteiger partial charge in [-0.2, -0.15) is 0 Å². The highest BCUT2D eigenvalue weighted by atomic mass is 79.9. The molecule has 1 amide bonds. The second kappa shape index (κ2) is 4.95. The molecule has 0 unspecified atom stereocenters. The van der Waals surface area contributed by atoms with Crippen LogP contribution in [-0.2, 0) is 7.05 Å². The van der Waals surface area contributed by atoms with E-state index in [0.29, 0.717) is 18.8 Å². The minimum atomic E-state index is -0.121. The molecule has 0 radical (unpaired) electrons. The van der Waals surface area contributed by atoms with Crippen LogP contribution >= 0.6 is 31.9 Å². The summed E-state index contributed by atoms with van der Waals surface area (Å²) in [7, 11) is 1.81. The molecule has 0 aliphatic heterocycles. The van der Waals surface area contributed by atoms with Gasteiger partial charge < -0.3 is 15.6 Å². The van der Waals surface area contributed by atoms with Crippen molar-refractivity contribution in [3.05, 3.63) is 20.8 Å². The Morgan fingerprint density at radius 2 is 2.29 bits per heavy atom. The number of nitrogens with one attached hydrogen (secondary N) is 1. The number of hydrogen-bond acceptors (Lipinski definition) is 2. The van der Waals surface area contributed by atoms with Crippen molar-refractivity contribution in [2.45, 2.75) is 0 Å². The molecule has 0 saturated carbocycles. The summed E-state index contributed by atoms with van der Waals surface area (Å²) >= 11 is 6.68. The van der Waals surface area contributed by atoms with E-state index in [9.17, 15) is 4.79 Å². The molecule has 1 aromatic heterocycles. The summed E-state index contributed by atoms with van der Waals surface area (Å²) in [4.78, 5) is 11.6. The van der Waals surface area contributed by atoms with E-state index in [1.807, 2.05) is 7.05 Å². The number of amides is 1. The Labute approximate surface area is 99.1 Å². The average molecular weight is 325 g/mol. The molecule has 0 saturated heterocycles. The van der Waals surface area contributed by atoms with E-state index in [-0.39, 0.29) is 5.91 Å². The van der Waals surface area contributed by atoms with Crippen molar-refractivity contribution in [1.29, 1.82) is 0 Å². The maximum absolute atomic E-state index is 11.6. The standard InChI is InChI=1S/C8H11Br2N3O/c1-13-6(4-5(9)7(13)10)8(14)12-3-2-11/h4H,2-3,11H2,1H3,(H,12,14). The fraction of sp³-hybridized carbons (Fsp3) is 0.375. The second-order valence-corrected chi connectivity index (χ2v) is 4.38. The lowest BCUT2D eigenvalue weighted by Crippen LogP contribution is -2.30. The van der Waals surface area contributed by atoms with E-state index >= 15 is 0 Å². The topological polar surface area (TPSA) is 60.0 Å². The van der Waals surface area contributed by atoms with E-state index in [2.05, 4.69) is 37.2 Å². The second-order valence-electron chi connectivity index (χ2n) is 2.77. The lowest BCUT2D eigenvalue weighted by atomic mass is 10.4. The van der Waals surface area contributed by atoms with Gasteiger partial charge in [-0.25, -0.2) is 0 Å². The number of nitrogens with two attached hydrogens (primary N) is 1. The van der Waals surface area contributed by atoms with Crippen molar-refractivity contribution in [1.82, 2.24) is 9.88 Å². The highest BCUT2D eigenvalue weighted by Gasteiger charge is 2.14. The van der Waals surface area contributed by atoms with Crippen LogP contribution in [0.25, 0.3) is 0 Å². The normalized spacial score (nSPS) is 10.3. The Morgan fingerprint density at radius 1 is 1.64 bits per heavy atom. The molecule has 0 fully saturated rings. The number of halogens is 2. The summed E-state index contributed by atoms with van der Waals surface area (Å²) in [6, 6.07) is 1.76. The molecule has 1 rings (SSSR count). The average Bonchev–Trinajstić information content (AvgIpc) is 2.42. The molecule has 6 heteroatoms. The van der Waals surface area contributed by atoms with Crippen LogP contribution in [0.5, 0.6) is 0 Å². The van der Waals surface area contributed by atoms with Crippen LogP contribution < -0.4 is 11.1 Å². The molecule has 3 N–H and O–H groups in total. The first-order chi connectivity index (χ1) is 6.57. The molecule has 0 spiro atoms. The van der Waals surface area contributed by atoms with E-state index in [1.165, 1.54) is 0 Å². The fourth-order valence-corrected chi connectivity index (χ4v) is 1.82. The lowest BCUT2D eigenvalue weighted by Gasteiger charge is -2.04. The third-order valence-electron chi connectivity index (χ3n) is 1.78. The summed E-state index contributed by atoms with van der Waals surface area (Å²) in [6.45, 7) is 0.928. The molecule has 0 atom stereocenters. The largest absolute Gasteiger partial charge is 0.349 e. The third kappa shape index (κ3) is 2.37. The summed E-state index contributed by atoms with van der Waals surface area (Å²) in [5.41, 5.74) is 5.88. The van der Waals surface area contributed by atoms with Crippen molar-refractivity contribution in [3.63, 3.8) is 0 Å². The van der Waals surface area contributed by atoms with Crippen molar-refractivity contribution in [2.75, 3.05) is 13.1 Å². The molecule has 0 aliphatic rings. The van der Waals surface area contributed by atoms with Gasteiger partial charge in [0.05, 0.1) is 9.08 Å². The molecule has 0 aliphatic carbocycles. The SMILES string of the molecule is Cn1c(C(=O)NCCN)cc(Br)c1Br. The Bertz CT molecular complexity index is 349. The number of aromatic nitrogens is 1. The maximum atomic E-state index is 11.6. The number of rotatable bonds is 3. The van der Waals surface area contributed by atoms with Crippen LogP contribution in [0.3, 0.4) is 0 Å². The van der Waals surface area contributed by atoms with Gasteiger partial charge >= 0.3 is 0 Å². The van der Waals surface area contributed by atoms with Gasteiger partial charge in [-0.05, 0) is 37.9 Å². The number of carbonyl (C=O) groups excluding carboxylic acids is 1. The van der Waals surface area contributed by atoms with E-state index < -0.39 is 0 Å². The molecule has 0 bridgehead atoms. The zero-order valence-corrected chi connectivity index (χ0v) is 10.9. The third-order valence-corrected chi connectivity index (χ3v) is 3.87. The smallest absolute Gasteiger partial charge is 0.268 e. The van der Waals surface area contributed by atoms with Gasteiger partial charge in [-0.3, -0.25) is 4.79 Å². The van der Waals surface area contributed by atoms with Crippen LogP contribution in [0.1, 0.15) is 10.5 Å². The van der Waals surface area contributed by atoms with Crippen molar-refractivity contribution in [3.8, 4) is 0 Å². The molecular formula is C8H11Br2N3O.